The van der Waals surface area contributed by atoms with Gasteiger partial charge in [0.1, 0.15) is 0 Å². The molecule has 5 heteroatoms. The minimum absolute atomic E-state index is 0.554. The standard InChI is InChI=1S/C13H22N4O/c1-3-9-18-12-6-8-15-13(16-12)17(2)10-11-5-4-7-14-11/h6,8,11,14H,3-5,7,9-10H2,1-2H3. The highest BCUT2D eigenvalue weighted by atomic mass is 16.5. The van der Waals surface area contributed by atoms with Gasteiger partial charge in [-0.1, -0.05) is 6.92 Å². The Hall–Kier alpha value is -1.36. The molecule has 2 heterocycles. The van der Waals surface area contributed by atoms with Gasteiger partial charge in [-0.25, -0.2) is 4.98 Å². The second-order valence-corrected chi connectivity index (χ2v) is 4.72. The van der Waals surface area contributed by atoms with E-state index in [0.717, 1.165) is 25.5 Å². The van der Waals surface area contributed by atoms with Crippen LogP contribution >= 0.6 is 0 Å². The third-order valence-electron chi connectivity index (χ3n) is 3.07. The van der Waals surface area contributed by atoms with Crippen molar-refractivity contribution < 1.29 is 4.74 Å². The van der Waals surface area contributed by atoms with Gasteiger partial charge in [-0.2, -0.15) is 4.98 Å². The van der Waals surface area contributed by atoms with Crippen LogP contribution in [0.3, 0.4) is 0 Å². The number of nitrogens with zero attached hydrogens (tertiary/aromatic N) is 3. The fourth-order valence-electron chi connectivity index (χ4n) is 2.13. The van der Waals surface area contributed by atoms with Crippen LogP contribution in [0.5, 0.6) is 5.88 Å². The molecule has 1 aliphatic rings. The van der Waals surface area contributed by atoms with Crippen LogP contribution in [0.15, 0.2) is 12.3 Å². The maximum Gasteiger partial charge on any atom is 0.228 e. The molecule has 1 fully saturated rings. The first-order valence-corrected chi connectivity index (χ1v) is 6.70. The SMILES string of the molecule is CCCOc1ccnc(N(C)CC2CCCN2)n1. The van der Waals surface area contributed by atoms with E-state index in [9.17, 15) is 0 Å². The summed E-state index contributed by atoms with van der Waals surface area (Å²) in [5.74, 6) is 1.39. The number of ether oxygens (including phenoxy) is 1. The Kier molecular flexibility index (Phi) is 4.75. The van der Waals surface area contributed by atoms with E-state index < -0.39 is 0 Å². The molecular weight excluding hydrogens is 228 g/mol. The van der Waals surface area contributed by atoms with Gasteiger partial charge in [-0.3, -0.25) is 0 Å². The molecular formula is C13H22N4O. The van der Waals surface area contributed by atoms with Crippen LogP contribution < -0.4 is 15.0 Å². The van der Waals surface area contributed by atoms with Crippen molar-refractivity contribution in [2.24, 2.45) is 0 Å². The summed E-state index contributed by atoms with van der Waals surface area (Å²) in [6.07, 6.45) is 5.24. The van der Waals surface area contributed by atoms with Crippen molar-refractivity contribution in [3.8, 4) is 5.88 Å². The van der Waals surface area contributed by atoms with E-state index in [-0.39, 0.29) is 0 Å². The topological polar surface area (TPSA) is 50.3 Å². The number of aromatic nitrogens is 2. The molecule has 1 aromatic rings. The van der Waals surface area contributed by atoms with Crippen LogP contribution in [0, 0.1) is 0 Å². The molecule has 0 radical (unpaired) electrons. The Balaban J connectivity index is 1.93. The van der Waals surface area contributed by atoms with Crippen LogP contribution in [0.1, 0.15) is 26.2 Å². The Labute approximate surface area is 109 Å². The third kappa shape index (κ3) is 3.57. The summed E-state index contributed by atoms with van der Waals surface area (Å²) in [5, 5.41) is 3.48. The average Bonchev–Trinajstić information content (AvgIpc) is 2.89. The molecule has 100 valence electrons. The van der Waals surface area contributed by atoms with E-state index in [0.29, 0.717) is 18.5 Å². The summed E-state index contributed by atoms with van der Waals surface area (Å²) in [6.45, 7) is 4.85. The molecule has 1 unspecified atom stereocenters. The van der Waals surface area contributed by atoms with Gasteiger partial charge in [0, 0.05) is 31.9 Å². The summed E-state index contributed by atoms with van der Waals surface area (Å²) < 4.78 is 5.52. The highest BCUT2D eigenvalue weighted by molar-refractivity contribution is 5.31. The zero-order valence-corrected chi connectivity index (χ0v) is 11.2. The molecule has 0 saturated carbocycles. The van der Waals surface area contributed by atoms with Crippen LogP contribution in [0.4, 0.5) is 5.95 Å². The van der Waals surface area contributed by atoms with Crippen molar-refractivity contribution in [2.45, 2.75) is 32.2 Å². The fraction of sp³-hybridized carbons (Fsp3) is 0.692. The smallest absolute Gasteiger partial charge is 0.228 e. The van der Waals surface area contributed by atoms with Gasteiger partial charge >= 0.3 is 0 Å². The summed E-state index contributed by atoms with van der Waals surface area (Å²) in [4.78, 5) is 10.8. The molecule has 18 heavy (non-hydrogen) atoms. The quantitative estimate of drug-likeness (QED) is 0.828. The summed E-state index contributed by atoms with van der Waals surface area (Å²) in [7, 11) is 2.03. The first kappa shape index (κ1) is 13.1. The van der Waals surface area contributed by atoms with Gasteiger partial charge in [-0.15, -0.1) is 0 Å². The van der Waals surface area contributed by atoms with E-state index in [1.165, 1.54) is 12.8 Å². The second-order valence-electron chi connectivity index (χ2n) is 4.72. The summed E-state index contributed by atoms with van der Waals surface area (Å²) in [6, 6.07) is 2.36. The van der Waals surface area contributed by atoms with E-state index in [2.05, 4.69) is 27.1 Å². The molecule has 1 aliphatic heterocycles. The molecule has 0 amide bonds. The highest BCUT2D eigenvalue weighted by Gasteiger charge is 2.17. The Morgan fingerprint density at radius 3 is 3.17 bits per heavy atom. The van der Waals surface area contributed by atoms with E-state index in [4.69, 9.17) is 4.74 Å². The molecule has 1 N–H and O–H groups in total. The lowest BCUT2D eigenvalue weighted by atomic mass is 10.2. The molecule has 1 atom stereocenters. The van der Waals surface area contributed by atoms with Crippen LogP contribution in [-0.4, -0.2) is 42.8 Å². The summed E-state index contributed by atoms with van der Waals surface area (Å²) in [5.41, 5.74) is 0. The maximum atomic E-state index is 5.52. The van der Waals surface area contributed by atoms with E-state index in [1.807, 2.05) is 7.05 Å². The van der Waals surface area contributed by atoms with E-state index in [1.54, 1.807) is 12.3 Å². The Bertz CT molecular complexity index is 366. The number of likely N-dealkylation sites (N-methyl/N-ethyl adjacent to an activating group) is 1. The third-order valence-corrected chi connectivity index (χ3v) is 3.07. The van der Waals surface area contributed by atoms with Crippen LogP contribution in [0.2, 0.25) is 0 Å². The fourth-order valence-corrected chi connectivity index (χ4v) is 2.13. The number of rotatable bonds is 6. The van der Waals surface area contributed by atoms with Gasteiger partial charge in [0.2, 0.25) is 11.8 Å². The zero-order valence-electron chi connectivity index (χ0n) is 11.2. The zero-order chi connectivity index (χ0) is 12.8. The molecule has 0 aliphatic carbocycles. The monoisotopic (exact) mass is 250 g/mol. The first-order valence-electron chi connectivity index (χ1n) is 6.70. The molecule has 5 nitrogen and oxygen atoms in total. The molecule has 2 rings (SSSR count). The lowest BCUT2D eigenvalue weighted by Crippen LogP contribution is -2.36. The maximum absolute atomic E-state index is 5.52. The van der Waals surface area contributed by atoms with Crippen molar-refractivity contribution in [1.82, 2.24) is 15.3 Å². The largest absolute Gasteiger partial charge is 0.478 e. The van der Waals surface area contributed by atoms with Crippen molar-refractivity contribution in [1.29, 1.82) is 0 Å². The van der Waals surface area contributed by atoms with Crippen LogP contribution in [-0.2, 0) is 0 Å². The first-order chi connectivity index (χ1) is 8.79. The minimum atomic E-state index is 0.554. The summed E-state index contributed by atoms with van der Waals surface area (Å²) >= 11 is 0. The van der Waals surface area contributed by atoms with E-state index >= 15 is 0 Å². The second kappa shape index (κ2) is 6.54. The Morgan fingerprint density at radius 2 is 2.44 bits per heavy atom. The predicted octanol–water partition coefficient (Wildman–Crippen LogP) is 1.45. The lowest BCUT2D eigenvalue weighted by Gasteiger charge is -2.21. The van der Waals surface area contributed by atoms with Crippen molar-refractivity contribution >= 4 is 5.95 Å². The molecule has 1 aromatic heterocycles. The van der Waals surface area contributed by atoms with Crippen molar-refractivity contribution in [3.05, 3.63) is 12.3 Å². The molecule has 0 spiro atoms. The lowest BCUT2D eigenvalue weighted by molar-refractivity contribution is 0.305. The number of hydrogen-bond acceptors (Lipinski definition) is 5. The molecule has 0 bridgehead atoms. The van der Waals surface area contributed by atoms with Crippen molar-refractivity contribution in [3.63, 3.8) is 0 Å². The molecule has 0 aromatic carbocycles. The van der Waals surface area contributed by atoms with Gasteiger partial charge in [0.15, 0.2) is 0 Å². The van der Waals surface area contributed by atoms with Crippen molar-refractivity contribution in [2.75, 3.05) is 31.6 Å². The van der Waals surface area contributed by atoms with Crippen LogP contribution in [0.25, 0.3) is 0 Å². The Morgan fingerprint density at radius 1 is 1.56 bits per heavy atom. The van der Waals surface area contributed by atoms with Gasteiger partial charge in [-0.05, 0) is 25.8 Å². The minimum Gasteiger partial charge on any atom is -0.478 e. The highest BCUT2D eigenvalue weighted by Crippen LogP contribution is 2.14. The average molecular weight is 250 g/mol. The normalized spacial score (nSPS) is 18.9. The number of nitrogens with one attached hydrogen (secondary N) is 1. The molecule has 1 saturated heterocycles. The van der Waals surface area contributed by atoms with Gasteiger partial charge in [0.05, 0.1) is 6.61 Å². The number of hydrogen-bond donors (Lipinski definition) is 1. The predicted molar refractivity (Wildman–Crippen MR) is 72.1 cm³/mol. The number of anilines is 1. The van der Waals surface area contributed by atoms with Gasteiger partial charge < -0.3 is 15.0 Å². The van der Waals surface area contributed by atoms with Gasteiger partial charge in [0.25, 0.3) is 0 Å².